The zero-order valence-corrected chi connectivity index (χ0v) is 12.9. The lowest BCUT2D eigenvalue weighted by atomic mass is 9.86. The first-order chi connectivity index (χ1) is 11.0. The smallest absolute Gasteiger partial charge is 0.308 e. The van der Waals surface area contributed by atoms with Gasteiger partial charge in [0.05, 0.1) is 13.0 Å². The average molecular weight is 325 g/mol. The number of carbonyl (C=O) groups excluding carboxylic acids is 1. The maximum atomic E-state index is 13.3. The fraction of sp³-hybridized carbons (Fsp3) is 0.500. The van der Waals surface area contributed by atoms with E-state index in [1.807, 2.05) is 0 Å². The molecule has 0 aliphatic carbocycles. The van der Waals surface area contributed by atoms with E-state index in [0.29, 0.717) is 26.1 Å². The third-order valence-electron chi connectivity index (χ3n) is 4.05. The molecular weight excluding hydrogens is 305 g/mol. The lowest BCUT2D eigenvalue weighted by molar-refractivity contribution is -0.144. The molecule has 1 aliphatic rings. The zero-order chi connectivity index (χ0) is 16.8. The van der Waals surface area contributed by atoms with Gasteiger partial charge in [-0.15, -0.1) is 0 Å². The first kappa shape index (κ1) is 17.2. The summed E-state index contributed by atoms with van der Waals surface area (Å²) in [5, 5.41) is 12.0. The highest BCUT2D eigenvalue weighted by atomic mass is 19.1. The Morgan fingerprint density at radius 1 is 1.43 bits per heavy atom. The maximum absolute atomic E-state index is 13.3. The Morgan fingerprint density at radius 3 is 2.74 bits per heavy atom. The summed E-state index contributed by atoms with van der Waals surface area (Å²) in [7, 11) is 1.31. The topological polar surface area (TPSA) is 84.9 Å². The largest absolute Gasteiger partial charge is 0.494 e. The van der Waals surface area contributed by atoms with Crippen LogP contribution in [0.25, 0.3) is 0 Å². The van der Waals surface area contributed by atoms with Crippen LogP contribution in [-0.2, 0) is 9.53 Å². The highest BCUT2D eigenvalue weighted by Gasteiger charge is 2.30. The van der Waals surface area contributed by atoms with E-state index in [0.717, 1.165) is 6.07 Å². The number of hydrogen-bond donors (Lipinski definition) is 2. The summed E-state index contributed by atoms with van der Waals surface area (Å²) in [6, 6.07) is 3.76. The van der Waals surface area contributed by atoms with Gasteiger partial charge < -0.3 is 19.9 Å². The quantitative estimate of drug-likeness (QED) is 0.831. The van der Waals surface area contributed by atoms with Crippen LogP contribution in [0.1, 0.15) is 23.2 Å². The Balaban J connectivity index is 1.99. The lowest BCUT2D eigenvalue weighted by Crippen LogP contribution is -2.39. The van der Waals surface area contributed by atoms with E-state index in [2.05, 4.69) is 5.32 Å². The number of carboxylic acid groups (broad SMARTS) is 1. The molecule has 1 unspecified atom stereocenters. The molecule has 1 aromatic carbocycles. The summed E-state index contributed by atoms with van der Waals surface area (Å²) in [5.41, 5.74) is 0.222. The number of ether oxygens (including phenoxy) is 2. The molecule has 23 heavy (non-hydrogen) atoms. The summed E-state index contributed by atoms with van der Waals surface area (Å²) >= 11 is 0. The normalized spacial score (nSPS) is 16.6. The highest BCUT2D eigenvalue weighted by Crippen LogP contribution is 2.24. The molecular formula is C16H20FNO5. The molecule has 6 nitrogen and oxygen atoms in total. The van der Waals surface area contributed by atoms with Crippen molar-refractivity contribution in [1.29, 1.82) is 0 Å². The molecule has 0 radical (unpaired) electrons. The number of hydrogen-bond acceptors (Lipinski definition) is 4. The molecule has 0 aromatic heterocycles. The maximum Gasteiger partial charge on any atom is 0.308 e. The van der Waals surface area contributed by atoms with Crippen molar-refractivity contribution in [2.24, 2.45) is 11.8 Å². The second kappa shape index (κ2) is 7.92. The van der Waals surface area contributed by atoms with Crippen LogP contribution in [0.3, 0.4) is 0 Å². The molecule has 1 aliphatic heterocycles. The summed E-state index contributed by atoms with van der Waals surface area (Å²) in [6.07, 6.45) is 1.33. The Hall–Kier alpha value is -2.15. The average Bonchev–Trinajstić information content (AvgIpc) is 2.56. The van der Waals surface area contributed by atoms with Crippen molar-refractivity contribution in [3.8, 4) is 5.75 Å². The van der Waals surface area contributed by atoms with Crippen molar-refractivity contribution in [1.82, 2.24) is 5.32 Å². The van der Waals surface area contributed by atoms with Gasteiger partial charge in [0.2, 0.25) is 0 Å². The Kier molecular flexibility index (Phi) is 5.92. The van der Waals surface area contributed by atoms with Gasteiger partial charge in [-0.1, -0.05) is 0 Å². The number of halogens is 1. The van der Waals surface area contributed by atoms with Crippen LogP contribution in [0.15, 0.2) is 18.2 Å². The predicted octanol–water partition coefficient (Wildman–Crippen LogP) is 1.69. The number of methoxy groups -OCH3 is 1. The number of amides is 1. The third kappa shape index (κ3) is 4.41. The number of benzene rings is 1. The van der Waals surface area contributed by atoms with Gasteiger partial charge in [-0.2, -0.15) is 0 Å². The van der Waals surface area contributed by atoms with Crippen molar-refractivity contribution in [2.45, 2.75) is 12.8 Å². The number of carbonyl (C=O) groups is 2. The van der Waals surface area contributed by atoms with Crippen molar-refractivity contribution in [3.05, 3.63) is 29.6 Å². The van der Waals surface area contributed by atoms with E-state index in [1.165, 1.54) is 19.2 Å². The summed E-state index contributed by atoms with van der Waals surface area (Å²) in [5.74, 6) is -2.67. The van der Waals surface area contributed by atoms with Crippen molar-refractivity contribution in [3.63, 3.8) is 0 Å². The summed E-state index contributed by atoms with van der Waals surface area (Å²) in [4.78, 5) is 23.6. The summed E-state index contributed by atoms with van der Waals surface area (Å²) in [6.45, 7) is 1.10. The van der Waals surface area contributed by atoms with Gasteiger partial charge in [0, 0.05) is 25.3 Å². The van der Waals surface area contributed by atoms with Crippen LogP contribution >= 0.6 is 0 Å². The van der Waals surface area contributed by atoms with Gasteiger partial charge in [-0.25, -0.2) is 4.39 Å². The van der Waals surface area contributed by atoms with E-state index in [9.17, 15) is 19.1 Å². The summed E-state index contributed by atoms with van der Waals surface area (Å²) < 4.78 is 23.4. The van der Waals surface area contributed by atoms with E-state index >= 15 is 0 Å². The van der Waals surface area contributed by atoms with Gasteiger partial charge in [0.1, 0.15) is 0 Å². The molecule has 1 fully saturated rings. The fourth-order valence-electron chi connectivity index (χ4n) is 2.68. The second-order valence-electron chi connectivity index (χ2n) is 5.45. The van der Waals surface area contributed by atoms with E-state index in [4.69, 9.17) is 9.47 Å². The van der Waals surface area contributed by atoms with Crippen molar-refractivity contribution < 1.29 is 28.6 Å². The SMILES string of the molecule is COc1cc(C(=O)NCC(C(=O)O)C2CCOCC2)ccc1F. The Morgan fingerprint density at radius 2 is 2.13 bits per heavy atom. The van der Waals surface area contributed by atoms with Gasteiger partial charge >= 0.3 is 5.97 Å². The minimum atomic E-state index is -0.936. The molecule has 1 saturated heterocycles. The first-order valence-corrected chi connectivity index (χ1v) is 7.45. The minimum absolute atomic E-state index is 0.0238. The van der Waals surface area contributed by atoms with Crippen LogP contribution in [-0.4, -0.2) is 43.9 Å². The van der Waals surface area contributed by atoms with Crippen LogP contribution < -0.4 is 10.1 Å². The molecule has 0 bridgehead atoms. The monoisotopic (exact) mass is 325 g/mol. The minimum Gasteiger partial charge on any atom is -0.494 e. The molecule has 0 spiro atoms. The number of carboxylic acids is 1. The highest BCUT2D eigenvalue weighted by molar-refractivity contribution is 5.94. The number of nitrogens with one attached hydrogen (secondary N) is 1. The molecule has 2 N–H and O–H groups in total. The molecule has 1 amide bonds. The van der Waals surface area contributed by atoms with Gasteiger partial charge in [0.15, 0.2) is 11.6 Å². The van der Waals surface area contributed by atoms with Crippen LogP contribution in [0, 0.1) is 17.7 Å². The Labute approximate surface area is 133 Å². The zero-order valence-electron chi connectivity index (χ0n) is 12.9. The number of rotatable bonds is 6. The molecule has 1 aromatic rings. The second-order valence-corrected chi connectivity index (χ2v) is 5.45. The van der Waals surface area contributed by atoms with Gasteiger partial charge in [-0.05, 0) is 37.0 Å². The molecule has 1 atom stereocenters. The van der Waals surface area contributed by atoms with Gasteiger partial charge in [0.25, 0.3) is 5.91 Å². The van der Waals surface area contributed by atoms with Crippen LogP contribution in [0.4, 0.5) is 4.39 Å². The third-order valence-corrected chi connectivity index (χ3v) is 4.05. The van der Waals surface area contributed by atoms with Crippen molar-refractivity contribution in [2.75, 3.05) is 26.9 Å². The van der Waals surface area contributed by atoms with Crippen LogP contribution in [0.5, 0.6) is 5.75 Å². The molecule has 1 heterocycles. The standard InChI is InChI=1S/C16H20FNO5/c1-22-14-8-11(2-3-13(14)17)15(19)18-9-12(16(20)21)10-4-6-23-7-5-10/h2-3,8,10,12H,4-7,9H2,1H3,(H,18,19)(H,20,21). The van der Waals surface area contributed by atoms with E-state index < -0.39 is 23.6 Å². The Bertz CT molecular complexity index is 572. The van der Waals surface area contributed by atoms with Crippen molar-refractivity contribution >= 4 is 11.9 Å². The molecule has 7 heteroatoms. The van der Waals surface area contributed by atoms with E-state index in [1.54, 1.807) is 0 Å². The van der Waals surface area contributed by atoms with E-state index in [-0.39, 0.29) is 23.8 Å². The molecule has 0 saturated carbocycles. The first-order valence-electron chi connectivity index (χ1n) is 7.45. The van der Waals surface area contributed by atoms with Crippen LogP contribution in [0.2, 0.25) is 0 Å². The lowest BCUT2D eigenvalue weighted by Gasteiger charge is -2.27. The van der Waals surface area contributed by atoms with Gasteiger partial charge in [-0.3, -0.25) is 9.59 Å². The molecule has 2 rings (SSSR count). The fourth-order valence-corrected chi connectivity index (χ4v) is 2.68. The predicted molar refractivity (Wildman–Crippen MR) is 80.0 cm³/mol. The molecule has 126 valence electrons. The number of aliphatic carboxylic acids is 1.